The van der Waals surface area contributed by atoms with Gasteiger partial charge in [0.15, 0.2) is 0 Å². The minimum absolute atomic E-state index is 0.161. The van der Waals surface area contributed by atoms with E-state index in [4.69, 9.17) is 5.73 Å². The molecule has 0 saturated heterocycles. The summed E-state index contributed by atoms with van der Waals surface area (Å²) in [7, 11) is 0. The van der Waals surface area contributed by atoms with E-state index >= 15 is 0 Å². The van der Waals surface area contributed by atoms with Gasteiger partial charge in [-0.25, -0.2) is 0 Å². The Morgan fingerprint density at radius 2 is 1.35 bits per heavy atom. The van der Waals surface area contributed by atoms with Gasteiger partial charge in [-0.1, -0.05) is 27.7 Å². The van der Waals surface area contributed by atoms with Gasteiger partial charge >= 0.3 is 0 Å². The molecule has 8 nitrogen and oxygen atoms in total. The number of nitrogens with two attached hydrogens (primary N) is 1. The van der Waals surface area contributed by atoms with E-state index in [0.717, 1.165) is 0 Å². The van der Waals surface area contributed by atoms with Crippen molar-refractivity contribution in [3.05, 3.63) is 0 Å². The average molecular weight is 370 g/mol. The fourth-order valence-corrected chi connectivity index (χ4v) is 2.35. The summed E-state index contributed by atoms with van der Waals surface area (Å²) in [4.78, 5) is 47.6. The second-order valence-electron chi connectivity index (χ2n) is 7.59. The van der Waals surface area contributed by atoms with Crippen molar-refractivity contribution in [1.82, 2.24) is 16.0 Å². The lowest BCUT2D eigenvalue weighted by Gasteiger charge is -2.24. The van der Waals surface area contributed by atoms with Crippen molar-refractivity contribution in [2.24, 2.45) is 17.6 Å². The molecule has 0 aliphatic rings. The summed E-state index contributed by atoms with van der Waals surface area (Å²) in [6, 6.07) is -2.94. The molecule has 0 fully saturated rings. The zero-order valence-corrected chi connectivity index (χ0v) is 16.7. The largest absolute Gasteiger partial charge is 0.345 e. The van der Waals surface area contributed by atoms with Crippen molar-refractivity contribution in [1.29, 1.82) is 0 Å². The first-order valence-corrected chi connectivity index (χ1v) is 9.09. The van der Waals surface area contributed by atoms with Gasteiger partial charge in [0.05, 0.1) is 12.1 Å². The molecule has 0 spiro atoms. The fourth-order valence-electron chi connectivity index (χ4n) is 2.35. The molecular formula is C18H34N4O4. The molecule has 0 heterocycles. The van der Waals surface area contributed by atoms with E-state index in [9.17, 15) is 19.2 Å². The smallest absolute Gasteiger partial charge is 0.243 e. The molecule has 0 saturated carbocycles. The molecule has 0 aromatic rings. The number of hydrogen-bond acceptors (Lipinski definition) is 5. The molecule has 0 aliphatic heterocycles. The quantitative estimate of drug-likeness (QED) is 0.383. The van der Waals surface area contributed by atoms with Gasteiger partial charge in [-0.3, -0.25) is 14.4 Å². The number of amides is 3. The van der Waals surface area contributed by atoms with Crippen LogP contribution < -0.4 is 21.7 Å². The first kappa shape index (κ1) is 24.0. The highest BCUT2D eigenvalue weighted by molar-refractivity contribution is 5.93. The van der Waals surface area contributed by atoms with Gasteiger partial charge in [0.1, 0.15) is 18.4 Å². The van der Waals surface area contributed by atoms with Crippen LogP contribution in [0.1, 0.15) is 54.4 Å². The van der Waals surface area contributed by atoms with Crippen LogP contribution in [0.3, 0.4) is 0 Å². The highest BCUT2D eigenvalue weighted by Gasteiger charge is 2.26. The van der Waals surface area contributed by atoms with Crippen LogP contribution in [0.4, 0.5) is 0 Å². The lowest BCUT2D eigenvalue weighted by molar-refractivity contribution is -0.132. The molecule has 3 amide bonds. The van der Waals surface area contributed by atoms with Crippen molar-refractivity contribution in [2.45, 2.75) is 78.6 Å². The molecule has 0 rings (SSSR count). The van der Waals surface area contributed by atoms with Crippen molar-refractivity contribution >= 4 is 24.0 Å². The summed E-state index contributed by atoms with van der Waals surface area (Å²) in [6.45, 7) is 10.8. The van der Waals surface area contributed by atoms with Gasteiger partial charge in [-0.15, -0.1) is 0 Å². The lowest BCUT2D eigenvalue weighted by Crippen LogP contribution is -2.55. The minimum Gasteiger partial charge on any atom is -0.345 e. The Bertz CT molecular complexity index is 492. The Labute approximate surface area is 156 Å². The molecule has 26 heavy (non-hydrogen) atoms. The normalized spacial score (nSPS) is 15.7. The number of nitrogens with one attached hydrogen (secondary N) is 3. The molecule has 0 bridgehead atoms. The van der Waals surface area contributed by atoms with Crippen LogP contribution in [-0.2, 0) is 19.2 Å². The van der Waals surface area contributed by atoms with Crippen LogP contribution in [0.5, 0.6) is 0 Å². The standard InChI is InChI=1S/C18H34N4O4/c1-10(2)7-14(9-23)21-17(25)13(6)20-18(26)15(8-11(3)4)22-16(24)12(5)19/h9-15H,7-8,19H2,1-6H3,(H,20,26)(H,21,25)(H,22,24). The van der Waals surface area contributed by atoms with E-state index in [1.165, 1.54) is 13.8 Å². The molecule has 0 aliphatic carbocycles. The number of carbonyl (C=O) groups is 4. The highest BCUT2D eigenvalue weighted by Crippen LogP contribution is 2.06. The van der Waals surface area contributed by atoms with Crippen LogP contribution in [-0.4, -0.2) is 48.2 Å². The third kappa shape index (κ3) is 9.50. The average Bonchev–Trinajstić information content (AvgIpc) is 2.51. The van der Waals surface area contributed by atoms with Gasteiger partial charge in [-0.05, 0) is 38.5 Å². The number of carbonyl (C=O) groups excluding carboxylic acids is 4. The summed E-state index contributed by atoms with van der Waals surface area (Å²) in [5.41, 5.74) is 5.53. The monoisotopic (exact) mass is 370 g/mol. The molecule has 150 valence electrons. The number of aldehydes is 1. The fraction of sp³-hybridized carbons (Fsp3) is 0.778. The van der Waals surface area contributed by atoms with E-state index in [2.05, 4.69) is 16.0 Å². The van der Waals surface area contributed by atoms with E-state index in [1.54, 1.807) is 0 Å². The maximum atomic E-state index is 12.5. The second kappa shape index (κ2) is 11.6. The Morgan fingerprint density at radius 1 is 0.808 bits per heavy atom. The van der Waals surface area contributed by atoms with Crippen molar-refractivity contribution < 1.29 is 19.2 Å². The third-order valence-electron chi connectivity index (χ3n) is 3.72. The summed E-state index contributed by atoms with van der Waals surface area (Å²) in [6.07, 6.45) is 1.64. The molecule has 0 radical (unpaired) electrons. The highest BCUT2D eigenvalue weighted by atomic mass is 16.2. The third-order valence-corrected chi connectivity index (χ3v) is 3.72. The topological polar surface area (TPSA) is 130 Å². The molecule has 0 aromatic heterocycles. The van der Waals surface area contributed by atoms with Crippen LogP contribution in [0.2, 0.25) is 0 Å². The maximum Gasteiger partial charge on any atom is 0.243 e. The first-order chi connectivity index (χ1) is 12.0. The Hall–Kier alpha value is -1.96. The Balaban J connectivity index is 4.85. The van der Waals surface area contributed by atoms with Gasteiger partial charge in [0.2, 0.25) is 17.7 Å². The number of rotatable bonds is 11. The predicted molar refractivity (Wildman–Crippen MR) is 100 cm³/mol. The van der Waals surface area contributed by atoms with Crippen LogP contribution in [0, 0.1) is 11.8 Å². The van der Waals surface area contributed by atoms with Crippen LogP contribution in [0.25, 0.3) is 0 Å². The van der Waals surface area contributed by atoms with Crippen LogP contribution in [0.15, 0.2) is 0 Å². The maximum absolute atomic E-state index is 12.5. The molecule has 4 unspecified atom stereocenters. The van der Waals surface area contributed by atoms with E-state index in [-0.39, 0.29) is 11.8 Å². The summed E-state index contributed by atoms with van der Waals surface area (Å²) < 4.78 is 0. The molecule has 8 heteroatoms. The van der Waals surface area contributed by atoms with Crippen molar-refractivity contribution in [3.63, 3.8) is 0 Å². The van der Waals surface area contributed by atoms with Gasteiger partial charge < -0.3 is 26.5 Å². The van der Waals surface area contributed by atoms with E-state index in [1.807, 2.05) is 27.7 Å². The zero-order chi connectivity index (χ0) is 20.4. The molecule has 0 aromatic carbocycles. The van der Waals surface area contributed by atoms with Gasteiger partial charge in [0.25, 0.3) is 0 Å². The molecular weight excluding hydrogens is 336 g/mol. The minimum atomic E-state index is -0.834. The van der Waals surface area contributed by atoms with Gasteiger partial charge in [0, 0.05) is 0 Å². The number of hydrogen-bond donors (Lipinski definition) is 4. The Morgan fingerprint density at radius 3 is 1.77 bits per heavy atom. The first-order valence-electron chi connectivity index (χ1n) is 9.09. The summed E-state index contributed by atoms with van der Waals surface area (Å²) in [5, 5.41) is 7.81. The van der Waals surface area contributed by atoms with Crippen molar-refractivity contribution in [2.75, 3.05) is 0 Å². The second-order valence-corrected chi connectivity index (χ2v) is 7.59. The molecule has 4 atom stereocenters. The van der Waals surface area contributed by atoms with Gasteiger partial charge in [-0.2, -0.15) is 0 Å². The lowest BCUT2D eigenvalue weighted by atomic mass is 10.0. The van der Waals surface area contributed by atoms with Crippen LogP contribution >= 0.6 is 0 Å². The summed E-state index contributed by atoms with van der Waals surface area (Å²) in [5.74, 6) is -0.923. The Kier molecular flexibility index (Phi) is 10.7. The summed E-state index contributed by atoms with van der Waals surface area (Å²) >= 11 is 0. The van der Waals surface area contributed by atoms with E-state index in [0.29, 0.717) is 19.1 Å². The van der Waals surface area contributed by atoms with E-state index < -0.39 is 41.9 Å². The SMILES string of the molecule is CC(C)CC(C=O)NC(=O)C(C)NC(=O)C(CC(C)C)NC(=O)C(C)N. The zero-order valence-electron chi connectivity index (χ0n) is 16.7. The molecule has 5 N–H and O–H groups in total. The predicted octanol–water partition coefficient (Wildman–Crippen LogP) is 0.0990. The van der Waals surface area contributed by atoms with Crippen molar-refractivity contribution in [3.8, 4) is 0 Å².